The van der Waals surface area contributed by atoms with E-state index in [-0.39, 0.29) is 11.3 Å². The third kappa shape index (κ3) is 2.81. The van der Waals surface area contributed by atoms with Gasteiger partial charge in [0.2, 0.25) is 5.91 Å². The number of halogens is 1. The van der Waals surface area contributed by atoms with Crippen LogP contribution >= 0.6 is 22.9 Å². The van der Waals surface area contributed by atoms with E-state index in [2.05, 4.69) is 5.32 Å². The first-order chi connectivity index (χ1) is 8.16. The zero-order valence-corrected chi connectivity index (χ0v) is 11.4. The number of rotatable bonds is 5. The smallest absolute Gasteiger partial charge is 0.228 e. The summed E-state index contributed by atoms with van der Waals surface area (Å²) in [5.74, 6) is 0.107. The van der Waals surface area contributed by atoms with Crippen LogP contribution in [-0.2, 0) is 16.1 Å². The minimum absolute atomic E-state index is 0.107. The van der Waals surface area contributed by atoms with Gasteiger partial charge in [-0.1, -0.05) is 18.0 Å². The minimum Gasteiger partial charge on any atom is -0.384 e. The molecule has 5 heteroatoms. The van der Waals surface area contributed by atoms with Gasteiger partial charge in [-0.3, -0.25) is 4.79 Å². The lowest BCUT2D eigenvalue weighted by atomic mass is 9.68. The van der Waals surface area contributed by atoms with Crippen molar-refractivity contribution in [2.24, 2.45) is 5.41 Å². The van der Waals surface area contributed by atoms with Crippen molar-refractivity contribution in [2.75, 3.05) is 13.7 Å². The summed E-state index contributed by atoms with van der Waals surface area (Å²) in [6.07, 6.45) is 2.97. The van der Waals surface area contributed by atoms with E-state index in [4.69, 9.17) is 16.3 Å². The Balaban J connectivity index is 1.88. The Labute approximate surface area is 110 Å². The lowest BCUT2D eigenvalue weighted by Crippen LogP contribution is -2.48. The molecule has 0 aromatic carbocycles. The van der Waals surface area contributed by atoms with Crippen molar-refractivity contribution in [3.8, 4) is 0 Å². The summed E-state index contributed by atoms with van der Waals surface area (Å²) >= 11 is 7.34. The number of carbonyl (C=O) groups excluding carboxylic acids is 1. The zero-order valence-electron chi connectivity index (χ0n) is 9.79. The maximum absolute atomic E-state index is 12.1. The van der Waals surface area contributed by atoms with Gasteiger partial charge in [-0.15, -0.1) is 11.3 Å². The molecule has 17 heavy (non-hydrogen) atoms. The lowest BCUT2D eigenvalue weighted by molar-refractivity contribution is -0.140. The SMILES string of the molecule is COCC1(C(=O)NCc2ccc(Cl)s2)CCC1. The summed E-state index contributed by atoms with van der Waals surface area (Å²) < 4.78 is 5.90. The number of carbonyl (C=O) groups is 1. The van der Waals surface area contributed by atoms with Gasteiger partial charge in [-0.2, -0.15) is 0 Å². The monoisotopic (exact) mass is 273 g/mol. The van der Waals surface area contributed by atoms with E-state index in [1.54, 1.807) is 7.11 Å². The zero-order chi connectivity index (χ0) is 12.3. The topological polar surface area (TPSA) is 38.3 Å². The fourth-order valence-electron chi connectivity index (χ4n) is 2.12. The van der Waals surface area contributed by atoms with Crippen molar-refractivity contribution in [2.45, 2.75) is 25.8 Å². The number of hydrogen-bond donors (Lipinski definition) is 1. The molecule has 0 spiro atoms. The predicted molar refractivity (Wildman–Crippen MR) is 69.3 cm³/mol. The van der Waals surface area contributed by atoms with Gasteiger partial charge < -0.3 is 10.1 Å². The Morgan fingerprint density at radius 2 is 2.35 bits per heavy atom. The lowest BCUT2D eigenvalue weighted by Gasteiger charge is -2.39. The third-order valence-corrected chi connectivity index (χ3v) is 4.50. The average molecular weight is 274 g/mol. The summed E-state index contributed by atoms with van der Waals surface area (Å²) in [5, 5.41) is 2.97. The van der Waals surface area contributed by atoms with Crippen molar-refractivity contribution in [3.63, 3.8) is 0 Å². The molecule has 0 saturated heterocycles. The van der Waals surface area contributed by atoms with Crippen LogP contribution in [0.1, 0.15) is 24.1 Å². The molecule has 1 N–H and O–H groups in total. The Kier molecular flexibility index (Phi) is 4.07. The van der Waals surface area contributed by atoms with Crippen molar-refractivity contribution in [3.05, 3.63) is 21.3 Å². The van der Waals surface area contributed by atoms with Crippen LogP contribution in [-0.4, -0.2) is 19.6 Å². The standard InChI is InChI=1S/C12H16ClNO2S/c1-16-8-12(5-2-6-12)11(15)14-7-9-3-4-10(13)17-9/h3-4H,2,5-8H2,1H3,(H,14,15). The number of methoxy groups -OCH3 is 1. The minimum atomic E-state index is -0.282. The number of amides is 1. The first-order valence-corrected chi connectivity index (χ1v) is 6.87. The highest BCUT2D eigenvalue weighted by atomic mass is 35.5. The van der Waals surface area contributed by atoms with E-state index in [0.717, 1.165) is 28.5 Å². The number of ether oxygens (including phenoxy) is 1. The predicted octanol–water partition coefficient (Wildman–Crippen LogP) is 2.83. The highest BCUT2D eigenvalue weighted by Crippen LogP contribution is 2.41. The number of hydrogen-bond acceptors (Lipinski definition) is 3. The summed E-state index contributed by atoms with van der Waals surface area (Å²) in [6, 6.07) is 3.79. The quantitative estimate of drug-likeness (QED) is 0.896. The van der Waals surface area contributed by atoms with Gasteiger partial charge in [0.1, 0.15) is 0 Å². The highest BCUT2D eigenvalue weighted by Gasteiger charge is 2.43. The molecule has 0 radical (unpaired) electrons. The van der Waals surface area contributed by atoms with Crippen molar-refractivity contribution >= 4 is 28.8 Å². The summed E-state index contributed by atoms with van der Waals surface area (Å²) in [7, 11) is 1.65. The van der Waals surface area contributed by atoms with E-state index in [9.17, 15) is 4.79 Å². The fourth-order valence-corrected chi connectivity index (χ4v) is 3.15. The molecule has 1 aromatic heterocycles. The van der Waals surface area contributed by atoms with Crippen LogP contribution in [0.2, 0.25) is 4.34 Å². The summed E-state index contributed by atoms with van der Waals surface area (Å²) in [6.45, 7) is 1.08. The van der Waals surface area contributed by atoms with E-state index in [1.807, 2.05) is 12.1 Å². The van der Waals surface area contributed by atoms with E-state index in [1.165, 1.54) is 11.3 Å². The summed E-state index contributed by atoms with van der Waals surface area (Å²) in [5.41, 5.74) is -0.282. The first kappa shape index (κ1) is 12.9. The van der Waals surface area contributed by atoms with Gasteiger partial charge in [0.15, 0.2) is 0 Å². The Morgan fingerprint density at radius 1 is 1.59 bits per heavy atom. The molecule has 0 bridgehead atoms. The molecule has 1 aliphatic rings. The van der Waals surface area contributed by atoms with Crippen molar-refractivity contribution in [1.29, 1.82) is 0 Å². The molecule has 1 heterocycles. The number of thiophene rings is 1. The second-order valence-electron chi connectivity index (χ2n) is 4.46. The molecule has 0 unspecified atom stereocenters. The second kappa shape index (κ2) is 5.38. The van der Waals surface area contributed by atoms with Gasteiger partial charge in [0, 0.05) is 12.0 Å². The second-order valence-corrected chi connectivity index (χ2v) is 6.26. The van der Waals surface area contributed by atoms with Gasteiger partial charge in [-0.25, -0.2) is 0 Å². The molecule has 1 aliphatic carbocycles. The van der Waals surface area contributed by atoms with E-state index >= 15 is 0 Å². The van der Waals surface area contributed by atoms with Crippen molar-refractivity contribution < 1.29 is 9.53 Å². The highest BCUT2D eigenvalue weighted by molar-refractivity contribution is 7.16. The van der Waals surface area contributed by atoms with Gasteiger partial charge in [0.05, 0.1) is 22.9 Å². The number of nitrogens with one attached hydrogen (secondary N) is 1. The molecule has 94 valence electrons. The van der Waals surface area contributed by atoms with E-state index < -0.39 is 0 Å². The maximum atomic E-state index is 12.1. The summed E-state index contributed by atoms with van der Waals surface area (Å²) in [4.78, 5) is 13.2. The Bertz CT molecular complexity index is 401. The van der Waals surface area contributed by atoms with Gasteiger partial charge >= 0.3 is 0 Å². The van der Waals surface area contributed by atoms with E-state index in [0.29, 0.717) is 13.2 Å². The average Bonchev–Trinajstić information content (AvgIpc) is 2.66. The Morgan fingerprint density at radius 3 is 2.82 bits per heavy atom. The largest absolute Gasteiger partial charge is 0.384 e. The van der Waals surface area contributed by atoms with Crippen LogP contribution in [0.15, 0.2) is 12.1 Å². The molecule has 0 atom stereocenters. The van der Waals surface area contributed by atoms with Crippen LogP contribution in [0.3, 0.4) is 0 Å². The van der Waals surface area contributed by atoms with Crippen LogP contribution in [0.4, 0.5) is 0 Å². The molecule has 1 aromatic rings. The maximum Gasteiger partial charge on any atom is 0.228 e. The molecule has 3 nitrogen and oxygen atoms in total. The molecule has 1 saturated carbocycles. The molecule has 2 rings (SSSR count). The molecular weight excluding hydrogens is 258 g/mol. The molecular formula is C12H16ClNO2S. The Hall–Kier alpha value is -0.580. The van der Waals surface area contributed by atoms with Gasteiger partial charge in [0.25, 0.3) is 0 Å². The van der Waals surface area contributed by atoms with Crippen LogP contribution in [0, 0.1) is 5.41 Å². The molecule has 1 amide bonds. The fraction of sp³-hybridized carbons (Fsp3) is 0.583. The van der Waals surface area contributed by atoms with Crippen LogP contribution in [0.25, 0.3) is 0 Å². The van der Waals surface area contributed by atoms with Gasteiger partial charge in [-0.05, 0) is 25.0 Å². The van der Waals surface area contributed by atoms with Crippen molar-refractivity contribution in [1.82, 2.24) is 5.32 Å². The molecule has 0 aliphatic heterocycles. The van der Waals surface area contributed by atoms with Crippen LogP contribution < -0.4 is 5.32 Å². The normalized spacial score (nSPS) is 17.5. The first-order valence-electron chi connectivity index (χ1n) is 5.68. The third-order valence-electron chi connectivity index (χ3n) is 3.26. The van der Waals surface area contributed by atoms with Crippen LogP contribution in [0.5, 0.6) is 0 Å². The molecule has 1 fully saturated rings.